The summed E-state index contributed by atoms with van der Waals surface area (Å²) in [7, 11) is 0. The summed E-state index contributed by atoms with van der Waals surface area (Å²) in [6, 6.07) is 3.97. The van der Waals surface area contributed by atoms with Crippen LogP contribution in [0.5, 0.6) is 0 Å². The van der Waals surface area contributed by atoms with Crippen LogP contribution in [0, 0.1) is 6.92 Å². The zero-order chi connectivity index (χ0) is 15.8. The number of benzene rings is 1. The lowest BCUT2D eigenvalue weighted by atomic mass is 9.79. The van der Waals surface area contributed by atoms with Crippen molar-refractivity contribution in [3.8, 4) is 0 Å². The number of hydrogen-bond donors (Lipinski definition) is 1. The van der Waals surface area contributed by atoms with Crippen molar-refractivity contribution >= 4 is 11.7 Å². The van der Waals surface area contributed by atoms with E-state index in [1.165, 1.54) is 17.7 Å². The molecule has 0 bridgehead atoms. The molecule has 0 spiro atoms. The summed E-state index contributed by atoms with van der Waals surface area (Å²) >= 11 is 0. The van der Waals surface area contributed by atoms with Gasteiger partial charge in [0.25, 0.3) is 0 Å². The van der Waals surface area contributed by atoms with Crippen molar-refractivity contribution in [3.63, 3.8) is 0 Å². The second kappa shape index (κ2) is 5.70. The van der Waals surface area contributed by atoms with Gasteiger partial charge in [0.15, 0.2) is 0 Å². The molecule has 1 aliphatic rings. The predicted octanol–water partition coefficient (Wildman–Crippen LogP) is 4.59. The standard InChI is InChI=1S/C18H27NO2/c1-6-7-8-19-16-9-12(2)15(17(20)21)10-14(16)13(3)11-18(19,4)5/h9-10,13H,6-8,11H2,1-5H3,(H,20,21)/t13-/m1/s1. The third kappa shape index (κ3) is 2.92. The number of carbonyl (C=O) groups is 1. The molecule has 1 heterocycles. The fourth-order valence-electron chi connectivity index (χ4n) is 3.60. The molecule has 1 N–H and O–H groups in total. The molecular weight excluding hydrogens is 262 g/mol. The maximum Gasteiger partial charge on any atom is 0.335 e. The Hall–Kier alpha value is -1.51. The second-order valence-corrected chi connectivity index (χ2v) is 6.95. The molecule has 1 aliphatic heterocycles. The van der Waals surface area contributed by atoms with Gasteiger partial charge in [0.05, 0.1) is 5.56 Å². The molecule has 0 unspecified atom stereocenters. The first-order chi connectivity index (χ1) is 9.77. The molecule has 1 atom stereocenters. The lowest BCUT2D eigenvalue weighted by Crippen LogP contribution is -2.48. The molecule has 116 valence electrons. The van der Waals surface area contributed by atoms with E-state index in [-0.39, 0.29) is 5.54 Å². The van der Waals surface area contributed by atoms with Crippen LogP contribution in [-0.4, -0.2) is 23.2 Å². The lowest BCUT2D eigenvalue weighted by molar-refractivity contribution is 0.0696. The largest absolute Gasteiger partial charge is 0.478 e. The summed E-state index contributed by atoms with van der Waals surface area (Å²) in [4.78, 5) is 13.9. The summed E-state index contributed by atoms with van der Waals surface area (Å²) in [5.74, 6) is -0.431. The molecule has 2 rings (SSSR count). The van der Waals surface area contributed by atoms with E-state index in [0.29, 0.717) is 11.5 Å². The molecule has 0 aromatic heterocycles. The topological polar surface area (TPSA) is 40.5 Å². The molecule has 1 aromatic rings. The molecule has 0 saturated heterocycles. The Balaban J connectivity index is 2.54. The molecule has 0 radical (unpaired) electrons. The van der Waals surface area contributed by atoms with Crippen LogP contribution in [-0.2, 0) is 0 Å². The molecule has 3 heteroatoms. The Labute approximate surface area is 128 Å². The predicted molar refractivity (Wildman–Crippen MR) is 87.5 cm³/mol. The van der Waals surface area contributed by atoms with Crippen molar-refractivity contribution in [1.29, 1.82) is 0 Å². The summed E-state index contributed by atoms with van der Waals surface area (Å²) in [6.07, 6.45) is 3.40. The van der Waals surface area contributed by atoms with Gasteiger partial charge in [0.2, 0.25) is 0 Å². The molecule has 3 nitrogen and oxygen atoms in total. The number of unbranched alkanes of at least 4 members (excludes halogenated alkanes) is 1. The second-order valence-electron chi connectivity index (χ2n) is 6.95. The van der Waals surface area contributed by atoms with Crippen LogP contribution in [0.1, 0.15) is 74.4 Å². The van der Waals surface area contributed by atoms with E-state index in [1.54, 1.807) is 0 Å². The zero-order valence-corrected chi connectivity index (χ0v) is 13.9. The van der Waals surface area contributed by atoms with Crippen molar-refractivity contribution in [1.82, 2.24) is 0 Å². The Bertz CT molecular complexity index is 548. The molecule has 21 heavy (non-hydrogen) atoms. The summed E-state index contributed by atoms with van der Waals surface area (Å²) in [6.45, 7) is 11.9. The Morgan fingerprint density at radius 1 is 1.43 bits per heavy atom. The van der Waals surface area contributed by atoms with Crippen LogP contribution >= 0.6 is 0 Å². The van der Waals surface area contributed by atoms with E-state index in [0.717, 1.165) is 24.9 Å². The zero-order valence-electron chi connectivity index (χ0n) is 13.9. The van der Waals surface area contributed by atoms with Crippen molar-refractivity contribution < 1.29 is 9.90 Å². The van der Waals surface area contributed by atoms with Crippen LogP contribution in [0.3, 0.4) is 0 Å². The van der Waals surface area contributed by atoms with E-state index in [1.807, 2.05) is 13.0 Å². The third-order valence-corrected chi connectivity index (χ3v) is 4.70. The van der Waals surface area contributed by atoms with Crippen LogP contribution in [0.15, 0.2) is 12.1 Å². The normalized spacial score (nSPS) is 20.2. The van der Waals surface area contributed by atoms with E-state index in [4.69, 9.17) is 0 Å². The van der Waals surface area contributed by atoms with Crippen molar-refractivity contribution in [2.45, 2.75) is 65.3 Å². The van der Waals surface area contributed by atoms with Crippen LogP contribution in [0.4, 0.5) is 5.69 Å². The smallest absolute Gasteiger partial charge is 0.335 e. The first kappa shape index (κ1) is 15.9. The monoisotopic (exact) mass is 289 g/mol. The Kier molecular flexibility index (Phi) is 4.31. The Morgan fingerprint density at radius 2 is 2.10 bits per heavy atom. The van der Waals surface area contributed by atoms with Gasteiger partial charge < -0.3 is 10.0 Å². The third-order valence-electron chi connectivity index (χ3n) is 4.70. The number of anilines is 1. The highest BCUT2D eigenvalue weighted by molar-refractivity contribution is 5.90. The summed E-state index contributed by atoms with van der Waals surface area (Å²) < 4.78 is 0. The van der Waals surface area contributed by atoms with E-state index >= 15 is 0 Å². The van der Waals surface area contributed by atoms with Gasteiger partial charge in [-0.3, -0.25) is 0 Å². The average molecular weight is 289 g/mol. The van der Waals surface area contributed by atoms with Gasteiger partial charge in [-0.25, -0.2) is 4.79 Å². The molecule has 0 amide bonds. The number of fused-ring (bicyclic) bond motifs is 1. The summed E-state index contributed by atoms with van der Waals surface area (Å²) in [5, 5.41) is 9.35. The Morgan fingerprint density at radius 3 is 2.67 bits per heavy atom. The number of carboxylic acid groups (broad SMARTS) is 1. The summed E-state index contributed by atoms with van der Waals surface area (Å²) in [5.41, 5.74) is 3.84. The van der Waals surface area contributed by atoms with Crippen LogP contribution in [0.2, 0.25) is 0 Å². The highest BCUT2D eigenvalue weighted by atomic mass is 16.4. The van der Waals surface area contributed by atoms with Crippen molar-refractivity contribution in [2.75, 3.05) is 11.4 Å². The molecule has 0 aliphatic carbocycles. The van der Waals surface area contributed by atoms with Gasteiger partial charge in [-0.2, -0.15) is 0 Å². The maximum atomic E-state index is 11.4. The molecule has 0 fully saturated rings. The van der Waals surface area contributed by atoms with Gasteiger partial charge in [-0.15, -0.1) is 0 Å². The van der Waals surface area contributed by atoms with Gasteiger partial charge in [-0.05, 0) is 62.8 Å². The number of hydrogen-bond acceptors (Lipinski definition) is 2. The number of aromatic carboxylic acids is 1. The first-order valence-corrected chi connectivity index (χ1v) is 7.93. The number of carboxylic acids is 1. The maximum absolute atomic E-state index is 11.4. The molecular formula is C18H27NO2. The highest BCUT2D eigenvalue weighted by Gasteiger charge is 2.36. The lowest BCUT2D eigenvalue weighted by Gasteiger charge is -2.48. The van der Waals surface area contributed by atoms with Crippen LogP contribution in [0.25, 0.3) is 0 Å². The fraction of sp³-hybridized carbons (Fsp3) is 0.611. The van der Waals surface area contributed by atoms with E-state index < -0.39 is 5.97 Å². The van der Waals surface area contributed by atoms with Gasteiger partial charge in [0.1, 0.15) is 0 Å². The van der Waals surface area contributed by atoms with Gasteiger partial charge >= 0.3 is 5.97 Å². The van der Waals surface area contributed by atoms with E-state index in [2.05, 4.69) is 38.7 Å². The van der Waals surface area contributed by atoms with Gasteiger partial charge in [0, 0.05) is 17.8 Å². The molecule has 0 saturated carbocycles. The van der Waals surface area contributed by atoms with Crippen molar-refractivity contribution in [3.05, 3.63) is 28.8 Å². The average Bonchev–Trinajstić information content (AvgIpc) is 2.36. The fourth-order valence-corrected chi connectivity index (χ4v) is 3.60. The first-order valence-electron chi connectivity index (χ1n) is 7.93. The minimum absolute atomic E-state index is 0.124. The highest BCUT2D eigenvalue weighted by Crippen LogP contribution is 2.44. The quantitative estimate of drug-likeness (QED) is 0.881. The number of rotatable bonds is 4. The minimum Gasteiger partial charge on any atom is -0.478 e. The van der Waals surface area contributed by atoms with Crippen molar-refractivity contribution in [2.24, 2.45) is 0 Å². The minimum atomic E-state index is -0.826. The van der Waals surface area contributed by atoms with Gasteiger partial charge in [-0.1, -0.05) is 20.3 Å². The van der Waals surface area contributed by atoms with E-state index in [9.17, 15) is 9.90 Å². The SMILES string of the molecule is CCCCN1c2cc(C)c(C(=O)O)cc2[C@H](C)CC1(C)C. The molecule has 1 aromatic carbocycles. The number of aryl methyl sites for hydroxylation is 1. The number of nitrogens with zero attached hydrogens (tertiary/aromatic N) is 1. The van der Waals surface area contributed by atoms with Crippen LogP contribution < -0.4 is 4.90 Å².